The van der Waals surface area contributed by atoms with Gasteiger partial charge in [-0.25, -0.2) is 4.79 Å². The summed E-state index contributed by atoms with van der Waals surface area (Å²) in [6.07, 6.45) is 1.34. The lowest BCUT2D eigenvalue weighted by atomic mass is 9.99. The van der Waals surface area contributed by atoms with Crippen LogP contribution in [-0.2, 0) is 4.74 Å². The molecule has 10 heavy (non-hydrogen) atoms. The van der Waals surface area contributed by atoms with Crippen LogP contribution in [0.4, 0.5) is 4.79 Å². The lowest BCUT2D eigenvalue weighted by molar-refractivity contribution is 0.202. The highest BCUT2D eigenvalue weighted by molar-refractivity contribution is 5.65. The average Bonchev–Trinajstić information content (AvgIpc) is 1.59. The van der Waals surface area contributed by atoms with Crippen LogP contribution in [0.5, 0.6) is 0 Å². The molecule has 0 heterocycles. The van der Waals surface area contributed by atoms with Crippen LogP contribution in [0.2, 0.25) is 0 Å². The first-order valence-electron chi connectivity index (χ1n) is 2.90. The Morgan fingerprint density at radius 2 is 2.00 bits per heavy atom. The molecular formula is C7H11NO2. The average molecular weight is 141 g/mol. The van der Waals surface area contributed by atoms with Crippen LogP contribution in [0, 0.1) is 17.4 Å². The molecule has 0 aromatic carbocycles. The fourth-order valence-electron chi connectivity index (χ4n) is 0.229. The van der Waals surface area contributed by atoms with Gasteiger partial charge in [-0.1, -0.05) is 5.92 Å². The predicted molar refractivity (Wildman–Crippen MR) is 37.9 cm³/mol. The summed E-state index contributed by atoms with van der Waals surface area (Å²) in [5, 5.41) is 0. The van der Waals surface area contributed by atoms with Crippen LogP contribution in [0.25, 0.3) is 0 Å². The van der Waals surface area contributed by atoms with Gasteiger partial charge < -0.3 is 10.5 Å². The Hall–Kier alpha value is -1.17. The van der Waals surface area contributed by atoms with Gasteiger partial charge in [0.25, 0.3) is 0 Å². The third-order valence-corrected chi connectivity index (χ3v) is 0.578. The maximum absolute atomic E-state index is 9.98. The standard InChI is InChI=1S/C7H11NO2/c1-7(2,3)4-5-10-6(8)9/h1-3H3,(H2,8,9). The Bertz CT molecular complexity index is 180. The van der Waals surface area contributed by atoms with Crippen LogP contribution < -0.4 is 5.73 Å². The number of carbonyl (C=O) groups excluding carboxylic acids is 1. The maximum Gasteiger partial charge on any atom is 0.418 e. The van der Waals surface area contributed by atoms with E-state index in [0.717, 1.165) is 0 Å². The molecule has 0 aromatic rings. The lowest BCUT2D eigenvalue weighted by Gasteiger charge is -2.05. The quantitative estimate of drug-likeness (QED) is 0.513. The van der Waals surface area contributed by atoms with Gasteiger partial charge in [0.05, 0.1) is 0 Å². The van der Waals surface area contributed by atoms with Gasteiger partial charge in [0.2, 0.25) is 0 Å². The van der Waals surface area contributed by atoms with E-state index in [2.05, 4.69) is 22.5 Å². The zero-order valence-electron chi connectivity index (χ0n) is 6.39. The largest absolute Gasteiger partial charge is 0.418 e. The van der Waals surface area contributed by atoms with E-state index in [1.54, 1.807) is 0 Å². The number of carbonyl (C=O) groups is 1. The SMILES string of the molecule is CC(C)(C)C#COC(N)=O. The first-order valence-corrected chi connectivity index (χ1v) is 2.90. The van der Waals surface area contributed by atoms with Crippen LogP contribution in [0.1, 0.15) is 20.8 Å². The molecule has 0 aliphatic heterocycles. The molecule has 0 saturated carbocycles. The minimum atomic E-state index is -0.864. The summed E-state index contributed by atoms with van der Waals surface area (Å²) >= 11 is 0. The van der Waals surface area contributed by atoms with E-state index in [1.165, 1.54) is 0 Å². The molecule has 0 aliphatic rings. The van der Waals surface area contributed by atoms with Crippen molar-refractivity contribution in [1.82, 2.24) is 0 Å². The minimum Gasteiger partial charge on any atom is -0.356 e. The summed E-state index contributed by atoms with van der Waals surface area (Å²) in [6, 6.07) is 0. The molecule has 0 rings (SSSR count). The monoisotopic (exact) mass is 141 g/mol. The molecular weight excluding hydrogens is 130 g/mol. The molecule has 0 aromatic heterocycles. The molecule has 0 atom stereocenters. The third kappa shape index (κ3) is 6.83. The summed E-state index contributed by atoms with van der Waals surface area (Å²) in [4.78, 5) is 9.98. The Labute approximate surface area is 60.5 Å². The van der Waals surface area contributed by atoms with Crippen molar-refractivity contribution in [2.75, 3.05) is 0 Å². The lowest BCUT2D eigenvalue weighted by Crippen LogP contribution is -2.10. The van der Waals surface area contributed by atoms with Gasteiger partial charge in [0.15, 0.2) is 0 Å². The van der Waals surface area contributed by atoms with E-state index in [0.29, 0.717) is 0 Å². The molecule has 0 saturated heterocycles. The molecule has 0 aliphatic carbocycles. The van der Waals surface area contributed by atoms with Gasteiger partial charge in [-0.05, 0) is 20.8 Å². The highest BCUT2D eigenvalue weighted by atomic mass is 16.5. The number of rotatable bonds is 0. The first kappa shape index (κ1) is 8.83. The fraction of sp³-hybridized carbons (Fsp3) is 0.571. The van der Waals surface area contributed by atoms with Crippen molar-refractivity contribution in [3.8, 4) is 12.0 Å². The van der Waals surface area contributed by atoms with E-state index in [-0.39, 0.29) is 5.41 Å². The van der Waals surface area contributed by atoms with Gasteiger partial charge >= 0.3 is 6.09 Å². The molecule has 0 spiro atoms. The Morgan fingerprint density at radius 1 is 1.50 bits per heavy atom. The van der Waals surface area contributed by atoms with Crippen molar-refractivity contribution in [3.05, 3.63) is 0 Å². The van der Waals surface area contributed by atoms with Crippen LogP contribution >= 0.6 is 0 Å². The molecule has 0 fully saturated rings. The maximum atomic E-state index is 9.98. The zero-order chi connectivity index (χ0) is 8.20. The molecule has 0 bridgehead atoms. The minimum absolute atomic E-state index is 0.157. The van der Waals surface area contributed by atoms with E-state index in [9.17, 15) is 4.79 Å². The van der Waals surface area contributed by atoms with E-state index in [4.69, 9.17) is 0 Å². The smallest absolute Gasteiger partial charge is 0.356 e. The molecule has 3 heteroatoms. The van der Waals surface area contributed by atoms with Crippen molar-refractivity contribution in [2.45, 2.75) is 20.8 Å². The summed E-state index contributed by atoms with van der Waals surface area (Å²) in [7, 11) is 0. The van der Waals surface area contributed by atoms with Crippen molar-refractivity contribution in [3.63, 3.8) is 0 Å². The highest BCUT2D eigenvalue weighted by Gasteiger charge is 2.03. The number of amides is 1. The Balaban J connectivity index is 3.82. The summed E-state index contributed by atoms with van der Waals surface area (Å²) < 4.78 is 4.20. The van der Waals surface area contributed by atoms with Crippen molar-refractivity contribution >= 4 is 6.09 Å². The van der Waals surface area contributed by atoms with Gasteiger partial charge in [-0.15, -0.1) is 0 Å². The van der Waals surface area contributed by atoms with Crippen LogP contribution in [-0.4, -0.2) is 6.09 Å². The van der Waals surface area contributed by atoms with Gasteiger partial charge in [0.1, 0.15) is 6.11 Å². The van der Waals surface area contributed by atoms with Gasteiger partial charge in [-0.2, -0.15) is 0 Å². The van der Waals surface area contributed by atoms with Crippen LogP contribution in [0.3, 0.4) is 0 Å². The second kappa shape index (κ2) is 3.11. The second-order valence-corrected chi connectivity index (χ2v) is 2.90. The molecule has 0 unspecified atom stereocenters. The molecule has 1 amide bonds. The summed E-state index contributed by atoms with van der Waals surface area (Å²) in [6.45, 7) is 5.72. The van der Waals surface area contributed by atoms with E-state index < -0.39 is 6.09 Å². The Kier molecular flexibility index (Phi) is 2.75. The molecule has 0 radical (unpaired) electrons. The summed E-state index contributed by atoms with van der Waals surface area (Å²) in [5.41, 5.74) is 4.50. The zero-order valence-corrected chi connectivity index (χ0v) is 6.39. The van der Waals surface area contributed by atoms with Gasteiger partial charge in [-0.3, -0.25) is 0 Å². The van der Waals surface area contributed by atoms with E-state index in [1.807, 2.05) is 20.8 Å². The van der Waals surface area contributed by atoms with Crippen molar-refractivity contribution in [2.24, 2.45) is 11.1 Å². The number of primary amides is 1. The topological polar surface area (TPSA) is 52.3 Å². The Morgan fingerprint density at radius 3 is 2.30 bits per heavy atom. The van der Waals surface area contributed by atoms with Crippen molar-refractivity contribution < 1.29 is 9.53 Å². The first-order chi connectivity index (χ1) is 4.42. The van der Waals surface area contributed by atoms with E-state index >= 15 is 0 Å². The molecule has 2 N–H and O–H groups in total. The molecule has 56 valence electrons. The fourth-order valence-corrected chi connectivity index (χ4v) is 0.229. The molecule has 3 nitrogen and oxygen atoms in total. The van der Waals surface area contributed by atoms with Gasteiger partial charge in [0, 0.05) is 5.41 Å². The predicted octanol–water partition coefficient (Wildman–Crippen LogP) is 1.09. The third-order valence-electron chi connectivity index (χ3n) is 0.578. The number of hydrogen-bond acceptors (Lipinski definition) is 2. The highest BCUT2D eigenvalue weighted by Crippen LogP contribution is 2.09. The summed E-state index contributed by atoms with van der Waals surface area (Å²) in [5.74, 6) is 2.68. The number of hydrogen-bond donors (Lipinski definition) is 1. The normalized spacial score (nSPS) is 9.50. The van der Waals surface area contributed by atoms with Crippen LogP contribution in [0.15, 0.2) is 0 Å². The van der Waals surface area contributed by atoms with Crippen molar-refractivity contribution in [1.29, 1.82) is 0 Å². The number of ether oxygens (including phenoxy) is 1. The second-order valence-electron chi connectivity index (χ2n) is 2.90. The number of nitrogens with two attached hydrogens (primary N) is 1.